The lowest BCUT2D eigenvalue weighted by Gasteiger charge is -2.06. The number of rotatable bonds is 3. The molecule has 1 aromatic heterocycles. The first-order valence-corrected chi connectivity index (χ1v) is 6.10. The molecule has 6 heteroatoms. The third-order valence-electron chi connectivity index (χ3n) is 2.89. The van der Waals surface area contributed by atoms with E-state index < -0.39 is 11.2 Å². The maximum absolute atomic E-state index is 12.8. The summed E-state index contributed by atoms with van der Waals surface area (Å²) in [5.41, 5.74) is 0.208. The van der Waals surface area contributed by atoms with Crippen molar-refractivity contribution in [3.63, 3.8) is 0 Å². The number of halogens is 2. The van der Waals surface area contributed by atoms with E-state index in [-0.39, 0.29) is 17.5 Å². The van der Waals surface area contributed by atoms with Crippen LogP contribution >= 0.6 is 11.6 Å². The second kappa shape index (κ2) is 5.40. The third-order valence-corrected chi connectivity index (χ3v) is 3.27. The molecule has 0 radical (unpaired) electrons. The zero-order valence-electron chi connectivity index (χ0n) is 10.2. The standard InChI is InChI=1S/C13H12ClFN2O2/c1-8-11(14)16-13(19)17(12(8)18)7-6-9-2-4-10(15)5-3-9/h2-5H,6-7H2,1H3,(H,16,19). The quantitative estimate of drug-likeness (QED) is 0.874. The average molecular weight is 283 g/mol. The molecule has 1 N–H and O–H groups in total. The van der Waals surface area contributed by atoms with Gasteiger partial charge in [-0.05, 0) is 31.0 Å². The molecule has 0 fully saturated rings. The molecule has 0 saturated heterocycles. The molecule has 0 aliphatic heterocycles. The molecular weight excluding hydrogens is 271 g/mol. The maximum Gasteiger partial charge on any atom is 0.329 e. The van der Waals surface area contributed by atoms with Gasteiger partial charge >= 0.3 is 5.69 Å². The van der Waals surface area contributed by atoms with Gasteiger partial charge in [-0.25, -0.2) is 9.18 Å². The molecule has 0 aliphatic rings. The van der Waals surface area contributed by atoms with Gasteiger partial charge in [0.1, 0.15) is 11.0 Å². The predicted molar refractivity (Wildman–Crippen MR) is 71.2 cm³/mol. The highest BCUT2D eigenvalue weighted by atomic mass is 35.5. The van der Waals surface area contributed by atoms with E-state index in [4.69, 9.17) is 11.6 Å². The van der Waals surface area contributed by atoms with E-state index in [0.29, 0.717) is 12.0 Å². The Kier molecular flexibility index (Phi) is 3.85. The summed E-state index contributed by atoms with van der Waals surface area (Å²) in [5.74, 6) is -0.318. The van der Waals surface area contributed by atoms with Gasteiger partial charge in [0.2, 0.25) is 0 Å². The molecule has 4 nitrogen and oxygen atoms in total. The number of nitrogens with zero attached hydrogens (tertiary/aromatic N) is 1. The van der Waals surface area contributed by atoms with E-state index in [1.807, 2.05) is 0 Å². The van der Waals surface area contributed by atoms with Gasteiger partial charge in [0.05, 0.1) is 0 Å². The van der Waals surface area contributed by atoms with Crippen LogP contribution in [0.25, 0.3) is 0 Å². The summed E-state index contributed by atoms with van der Waals surface area (Å²) in [7, 11) is 0. The van der Waals surface area contributed by atoms with Crippen LogP contribution < -0.4 is 11.2 Å². The van der Waals surface area contributed by atoms with Gasteiger partial charge in [-0.2, -0.15) is 0 Å². The molecule has 0 saturated carbocycles. The number of hydrogen-bond donors (Lipinski definition) is 1. The topological polar surface area (TPSA) is 54.9 Å². The van der Waals surface area contributed by atoms with Crippen molar-refractivity contribution in [3.8, 4) is 0 Å². The molecule has 0 spiro atoms. The van der Waals surface area contributed by atoms with E-state index in [2.05, 4.69) is 4.98 Å². The Labute approximate surface area is 113 Å². The Morgan fingerprint density at radius 3 is 2.53 bits per heavy atom. The molecule has 1 heterocycles. The van der Waals surface area contributed by atoms with Crippen LogP contribution in [0.1, 0.15) is 11.1 Å². The summed E-state index contributed by atoms with van der Waals surface area (Å²) < 4.78 is 13.8. The number of nitrogens with one attached hydrogen (secondary N) is 1. The molecule has 100 valence electrons. The predicted octanol–water partition coefficient (Wildman–Crippen LogP) is 1.88. The number of aryl methyl sites for hydroxylation is 1. The molecule has 0 atom stereocenters. The molecule has 2 aromatic rings. The summed E-state index contributed by atoms with van der Waals surface area (Å²) in [6, 6.07) is 5.93. The lowest BCUT2D eigenvalue weighted by molar-refractivity contribution is 0.615. The van der Waals surface area contributed by atoms with Crippen LogP contribution in [-0.4, -0.2) is 9.55 Å². The smallest absolute Gasteiger partial charge is 0.297 e. The van der Waals surface area contributed by atoms with Crippen molar-refractivity contribution >= 4 is 11.6 Å². The summed E-state index contributed by atoms with van der Waals surface area (Å²) in [6.07, 6.45) is 0.463. The minimum absolute atomic E-state index is 0.0630. The van der Waals surface area contributed by atoms with Gasteiger partial charge in [-0.1, -0.05) is 23.7 Å². The fourth-order valence-electron chi connectivity index (χ4n) is 1.74. The third kappa shape index (κ3) is 2.93. The molecule has 2 rings (SSSR count). The van der Waals surface area contributed by atoms with Gasteiger partial charge in [0, 0.05) is 12.1 Å². The normalized spacial score (nSPS) is 10.7. The van der Waals surface area contributed by atoms with Gasteiger partial charge in [-0.3, -0.25) is 14.3 Å². The van der Waals surface area contributed by atoms with E-state index in [1.165, 1.54) is 12.1 Å². The second-order valence-corrected chi connectivity index (χ2v) is 4.58. The molecular formula is C13H12ClFN2O2. The summed E-state index contributed by atoms with van der Waals surface area (Å²) in [5, 5.41) is 0.0630. The lowest BCUT2D eigenvalue weighted by atomic mass is 10.1. The van der Waals surface area contributed by atoms with Crippen LogP contribution in [0, 0.1) is 12.7 Å². The first-order valence-electron chi connectivity index (χ1n) is 5.72. The first-order chi connectivity index (χ1) is 8.99. The number of aromatic amines is 1. The molecule has 0 aliphatic carbocycles. The van der Waals surface area contributed by atoms with E-state index in [0.717, 1.165) is 10.1 Å². The Balaban J connectivity index is 2.25. The van der Waals surface area contributed by atoms with Crippen molar-refractivity contribution in [3.05, 3.63) is 67.2 Å². The highest BCUT2D eigenvalue weighted by Crippen LogP contribution is 2.05. The van der Waals surface area contributed by atoms with Crippen molar-refractivity contribution in [2.45, 2.75) is 19.9 Å². The monoisotopic (exact) mass is 282 g/mol. The molecule has 1 aromatic carbocycles. The van der Waals surface area contributed by atoms with Crippen LogP contribution in [-0.2, 0) is 13.0 Å². The zero-order chi connectivity index (χ0) is 14.0. The van der Waals surface area contributed by atoms with Crippen molar-refractivity contribution < 1.29 is 4.39 Å². The maximum atomic E-state index is 12.8. The zero-order valence-corrected chi connectivity index (χ0v) is 11.0. The fourth-order valence-corrected chi connectivity index (χ4v) is 1.90. The van der Waals surface area contributed by atoms with Crippen LogP contribution in [0.2, 0.25) is 5.15 Å². The van der Waals surface area contributed by atoms with Gasteiger partial charge < -0.3 is 0 Å². The first kappa shape index (κ1) is 13.5. The van der Waals surface area contributed by atoms with E-state index >= 15 is 0 Å². The minimum Gasteiger partial charge on any atom is -0.297 e. The van der Waals surface area contributed by atoms with Crippen LogP contribution in [0.4, 0.5) is 4.39 Å². The van der Waals surface area contributed by atoms with Gasteiger partial charge in [0.25, 0.3) is 5.56 Å². The van der Waals surface area contributed by atoms with Gasteiger partial charge in [-0.15, -0.1) is 0 Å². The number of benzene rings is 1. The van der Waals surface area contributed by atoms with Crippen LogP contribution in [0.5, 0.6) is 0 Å². The number of aromatic nitrogens is 2. The summed E-state index contributed by atoms with van der Waals surface area (Å²) in [6.45, 7) is 1.77. The van der Waals surface area contributed by atoms with Crippen molar-refractivity contribution in [1.82, 2.24) is 9.55 Å². The molecule has 19 heavy (non-hydrogen) atoms. The molecule has 0 unspecified atom stereocenters. The Bertz CT molecular complexity index is 704. The Hall–Kier alpha value is -1.88. The highest BCUT2D eigenvalue weighted by Gasteiger charge is 2.08. The van der Waals surface area contributed by atoms with Crippen molar-refractivity contribution in [2.75, 3.05) is 0 Å². The SMILES string of the molecule is Cc1c(Cl)[nH]c(=O)n(CCc2ccc(F)cc2)c1=O. The molecule has 0 bridgehead atoms. The van der Waals surface area contributed by atoms with Crippen molar-refractivity contribution in [2.24, 2.45) is 0 Å². The minimum atomic E-state index is -0.539. The Morgan fingerprint density at radius 2 is 1.89 bits per heavy atom. The average Bonchev–Trinajstić information content (AvgIpc) is 2.38. The van der Waals surface area contributed by atoms with Crippen LogP contribution in [0.3, 0.4) is 0 Å². The Morgan fingerprint density at radius 1 is 1.26 bits per heavy atom. The van der Waals surface area contributed by atoms with E-state index in [9.17, 15) is 14.0 Å². The number of H-pyrrole nitrogens is 1. The van der Waals surface area contributed by atoms with E-state index in [1.54, 1.807) is 19.1 Å². The lowest BCUT2D eigenvalue weighted by Crippen LogP contribution is -2.37. The number of hydrogen-bond acceptors (Lipinski definition) is 2. The highest BCUT2D eigenvalue weighted by molar-refractivity contribution is 6.30. The molecule has 0 amide bonds. The fraction of sp³-hybridized carbons (Fsp3) is 0.231. The second-order valence-electron chi connectivity index (χ2n) is 4.20. The largest absolute Gasteiger partial charge is 0.329 e. The van der Waals surface area contributed by atoms with Crippen molar-refractivity contribution in [1.29, 1.82) is 0 Å². The van der Waals surface area contributed by atoms with Gasteiger partial charge in [0.15, 0.2) is 0 Å². The summed E-state index contributed by atoms with van der Waals surface area (Å²) in [4.78, 5) is 25.9. The summed E-state index contributed by atoms with van der Waals surface area (Å²) >= 11 is 5.72. The van der Waals surface area contributed by atoms with Crippen LogP contribution in [0.15, 0.2) is 33.9 Å².